The van der Waals surface area contributed by atoms with E-state index in [1.54, 1.807) is 24.3 Å². The standard InChI is InChI=1S/C17H16ClF2N3O4S/c18-11-1-3-12(4-2-11)23-17(25)10-21-16(24)7-8-22-28(26,27)13-5-6-14(19)15(20)9-13/h1-6,9,22H,7-8,10H2,(H,21,24)(H,23,25). The molecule has 0 atom stereocenters. The van der Waals surface area contributed by atoms with Crippen LogP contribution in [0.1, 0.15) is 6.42 Å². The highest BCUT2D eigenvalue weighted by Crippen LogP contribution is 2.14. The largest absolute Gasteiger partial charge is 0.347 e. The molecule has 11 heteroatoms. The monoisotopic (exact) mass is 431 g/mol. The minimum atomic E-state index is -4.10. The number of amides is 2. The Hall–Kier alpha value is -2.56. The molecule has 2 amide bonds. The zero-order chi connectivity index (χ0) is 20.7. The predicted octanol–water partition coefficient (Wildman–Crippen LogP) is 2.04. The SMILES string of the molecule is O=C(CCNS(=O)(=O)c1ccc(F)c(F)c1)NCC(=O)Nc1ccc(Cl)cc1. The lowest BCUT2D eigenvalue weighted by Crippen LogP contribution is -2.35. The van der Waals surface area contributed by atoms with Gasteiger partial charge >= 0.3 is 0 Å². The molecule has 0 aliphatic heterocycles. The van der Waals surface area contributed by atoms with Crippen molar-refractivity contribution < 1.29 is 26.8 Å². The molecular weight excluding hydrogens is 416 g/mol. The molecule has 28 heavy (non-hydrogen) atoms. The fourth-order valence-electron chi connectivity index (χ4n) is 2.03. The van der Waals surface area contributed by atoms with Crippen LogP contribution < -0.4 is 15.4 Å². The summed E-state index contributed by atoms with van der Waals surface area (Å²) in [5.74, 6) is -3.51. The fraction of sp³-hybridized carbons (Fsp3) is 0.176. The molecule has 0 heterocycles. The van der Waals surface area contributed by atoms with Crippen LogP contribution in [-0.2, 0) is 19.6 Å². The Labute approximate surface area is 165 Å². The van der Waals surface area contributed by atoms with Gasteiger partial charge in [0.2, 0.25) is 21.8 Å². The zero-order valence-corrected chi connectivity index (χ0v) is 15.9. The Kier molecular flexibility index (Phi) is 7.44. The lowest BCUT2D eigenvalue weighted by molar-refractivity contribution is -0.124. The summed E-state index contributed by atoms with van der Waals surface area (Å²) >= 11 is 5.73. The first-order chi connectivity index (χ1) is 13.2. The maximum absolute atomic E-state index is 13.1. The van der Waals surface area contributed by atoms with Crippen LogP contribution in [0.5, 0.6) is 0 Å². The second kappa shape index (κ2) is 9.58. The van der Waals surface area contributed by atoms with Crippen LogP contribution in [0.15, 0.2) is 47.4 Å². The molecule has 150 valence electrons. The van der Waals surface area contributed by atoms with Crippen LogP contribution in [0.4, 0.5) is 14.5 Å². The van der Waals surface area contributed by atoms with Gasteiger partial charge in [0.1, 0.15) is 0 Å². The Morgan fingerprint density at radius 1 is 0.964 bits per heavy atom. The van der Waals surface area contributed by atoms with E-state index in [2.05, 4.69) is 15.4 Å². The summed E-state index contributed by atoms with van der Waals surface area (Å²) in [5, 5.41) is 5.39. The molecule has 7 nitrogen and oxygen atoms in total. The highest BCUT2D eigenvalue weighted by atomic mass is 35.5. The topological polar surface area (TPSA) is 104 Å². The summed E-state index contributed by atoms with van der Waals surface area (Å²) < 4.78 is 52.0. The number of halogens is 3. The van der Waals surface area contributed by atoms with Crippen LogP contribution >= 0.6 is 11.6 Å². The second-order valence-electron chi connectivity index (χ2n) is 5.56. The number of rotatable bonds is 8. The minimum absolute atomic E-state index is 0.253. The van der Waals surface area contributed by atoms with Gasteiger partial charge in [-0.3, -0.25) is 9.59 Å². The number of hydrogen-bond acceptors (Lipinski definition) is 4. The third kappa shape index (κ3) is 6.55. The molecule has 2 aromatic rings. The fourth-order valence-corrected chi connectivity index (χ4v) is 3.20. The lowest BCUT2D eigenvalue weighted by atomic mass is 10.3. The van der Waals surface area contributed by atoms with Crippen LogP contribution in [0.3, 0.4) is 0 Å². The van der Waals surface area contributed by atoms with Crippen molar-refractivity contribution in [2.24, 2.45) is 0 Å². The van der Waals surface area contributed by atoms with Crippen molar-refractivity contribution in [1.82, 2.24) is 10.0 Å². The van der Waals surface area contributed by atoms with Gasteiger partial charge in [0, 0.05) is 23.7 Å². The molecule has 0 saturated carbocycles. The van der Waals surface area contributed by atoms with Crippen molar-refractivity contribution in [2.75, 3.05) is 18.4 Å². The van der Waals surface area contributed by atoms with Crippen molar-refractivity contribution >= 4 is 39.1 Å². The van der Waals surface area contributed by atoms with Crippen molar-refractivity contribution in [3.63, 3.8) is 0 Å². The molecule has 2 aromatic carbocycles. The molecular formula is C17H16ClF2N3O4S. The summed E-state index contributed by atoms with van der Waals surface area (Å²) in [5.41, 5.74) is 0.503. The van der Waals surface area contributed by atoms with Crippen molar-refractivity contribution in [1.29, 1.82) is 0 Å². The number of carbonyl (C=O) groups excluding carboxylic acids is 2. The van der Waals surface area contributed by atoms with Gasteiger partial charge in [-0.2, -0.15) is 0 Å². The van der Waals surface area contributed by atoms with Crippen LogP contribution in [-0.4, -0.2) is 33.3 Å². The summed E-state index contributed by atoms with van der Waals surface area (Å²) in [6.07, 6.45) is -0.253. The molecule has 0 aromatic heterocycles. The van der Waals surface area contributed by atoms with E-state index < -0.39 is 38.4 Å². The minimum Gasteiger partial charge on any atom is -0.347 e. The maximum atomic E-state index is 13.1. The molecule has 0 bridgehead atoms. The number of benzene rings is 2. The summed E-state index contributed by atoms with van der Waals surface area (Å²) in [6, 6.07) is 8.50. The number of hydrogen-bond donors (Lipinski definition) is 3. The smallest absolute Gasteiger partial charge is 0.243 e. The molecule has 0 fully saturated rings. The van der Waals surface area contributed by atoms with Crippen molar-refractivity contribution in [3.05, 3.63) is 59.1 Å². The summed E-state index contributed by atoms with van der Waals surface area (Å²) in [4.78, 5) is 23.0. The first-order valence-corrected chi connectivity index (χ1v) is 9.80. The van der Waals surface area contributed by atoms with E-state index in [-0.39, 0.29) is 19.5 Å². The average Bonchev–Trinajstić information content (AvgIpc) is 2.64. The highest BCUT2D eigenvalue weighted by molar-refractivity contribution is 7.89. The normalized spacial score (nSPS) is 11.1. The van der Waals surface area contributed by atoms with Crippen LogP contribution in [0, 0.1) is 11.6 Å². The molecule has 0 aliphatic rings. The third-order valence-corrected chi connectivity index (χ3v) is 5.13. The van der Waals surface area contributed by atoms with Crippen LogP contribution in [0.2, 0.25) is 5.02 Å². The molecule has 0 aliphatic carbocycles. The quantitative estimate of drug-likeness (QED) is 0.595. The molecule has 0 unspecified atom stereocenters. The molecule has 3 N–H and O–H groups in total. The van der Waals surface area contributed by atoms with Crippen LogP contribution in [0.25, 0.3) is 0 Å². The van der Waals surface area contributed by atoms with Gasteiger partial charge in [-0.25, -0.2) is 21.9 Å². The van der Waals surface area contributed by atoms with E-state index >= 15 is 0 Å². The second-order valence-corrected chi connectivity index (χ2v) is 7.76. The van der Waals surface area contributed by atoms with E-state index in [0.717, 1.165) is 6.07 Å². The Balaban J connectivity index is 1.75. The average molecular weight is 432 g/mol. The maximum Gasteiger partial charge on any atom is 0.243 e. The Morgan fingerprint density at radius 3 is 2.29 bits per heavy atom. The van der Waals surface area contributed by atoms with E-state index in [9.17, 15) is 26.8 Å². The highest BCUT2D eigenvalue weighted by Gasteiger charge is 2.16. The van der Waals surface area contributed by atoms with Gasteiger partial charge in [0.25, 0.3) is 0 Å². The van der Waals surface area contributed by atoms with E-state index in [1.807, 2.05) is 0 Å². The van der Waals surface area contributed by atoms with Crippen molar-refractivity contribution in [3.8, 4) is 0 Å². The van der Waals surface area contributed by atoms with E-state index in [0.29, 0.717) is 22.8 Å². The number of anilines is 1. The van der Waals surface area contributed by atoms with Gasteiger partial charge in [-0.1, -0.05) is 11.6 Å². The lowest BCUT2D eigenvalue weighted by Gasteiger charge is -2.09. The number of nitrogens with one attached hydrogen (secondary N) is 3. The first-order valence-electron chi connectivity index (χ1n) is 7.94. The first kappa shape index (κ1) is 21.7. The van der Waals surface area contributed by atoms with Gasteiger partial charge in [0.05, 0.1) is 11.4 Å². The zero-order valence-electron chi connectivity index (χ0n) is 14.3. The van der Waals surface area contributed by atoms with E-state index in [4.69, 9.17) is 11.6 Å². The molecule has 0 spiro atoms. The predicted molar refractivity (Wildman–Crippen MR) is 99.3 cm³/mol. The Morgan fingerprint density at radius 2 is 1.64 bits per heavy atom. The summed E-state index contributed by atoms with van der Waals surface area (Å²) in [7, 11) is -4.10. The van der Waals surface area contributed by atoms with Gasteiger partial charge in [-0.15, -0.1) is 0 Å². The molecule has 0 saturated heterocycles. The number of sulfonamides is 1. The van der Waals surface area contributed by atoms with Gasteiger partial charge in [0.15, 0.2) is 11.6 Å². The van der Waals surface area contributed by atoms with E-state index in [1.165, 1.54) is 0 Å². The van der Waals surface area contributed by atoms with Gasteiger partial charge in [-0.05, 0) is 42.5 Å². The third-order valence-electron chi connectivity index (χ3n) is 3.42. The molecule has 0 radical (unpaired) electrons. The van der Waals surface area contributed by atoms with Crippen molar-refractivity contribution in [2.45, 2.75) is 11.3 Å². The number of carbonyl (C=O) groups is 2. The molecule has 2 rings (SSSR count). The Bertz CT molecular complexity index is 969. The summed E-state index contributed by atoms with van der Waals surface area (Å²) in [6.45, 7) is -0.594. The van der Waals surface area contributed by atoms with Gasteiger partial charge < -0.3 is 10.6 Å².